The van der Waals surface area contributed by atoms with Gasteiger partial charge in [0.1, 0.15) is 17.7 Å². The molecule has 0 radical (unpaired) electrons. The van der Waals surface area contributed by atoms with Gasteiger partial charge in [0.15, 0.2) is 0 Å². The number of alkyl carbamates (subject to hydrolysis) is 1. The Morgan fingerprint density at radius 1 is 1.05 bits per heavy atom. The number of nitrogens with one attached hydrogen (secondary N) is 2. The molecule has 2 rings (SSSR count). The number of rotatable bonds is 10. The molecule has 4 amide bonds. The van der Waals surface area contributed by atoms with Crippen molar-refractivity contribution in [3.63, 3.8) is 0 Å². The number of para-hydroxylation sites is 1. The highest BCUT2D eigenvalue weighted by atomic mass is 35.5. The van der Waals surface area contributed by atoms with Crippen molar-refractivity contribution < 1.29 is 29.0 Å². The molecule has 212 valence electrons. The van der Waals surface area contributed by atoms with Crippen molar-refractivity contribution in [1.29, 1.82) is 0 Å². The number of hydrogen-bond acceptors (Lipinski definition) is 6. The molecule has 0 bridgehead atoms. The molecule has 0 aliphatic rings. The largest absolute Gasteiger partial charge is 0.444 e. The summed E-state index contributed by atoms with van der Waals surface area (Å²) in [4.78, 5) is 53.2. The molecule has 0 fully saturated rings. The topological polar surface area (TPSA) is 151 Å². The number of ether oxygens (including phenoxy) is 1. The lowest BCUT2D eigenvalue weighted by Crippen LogP contribution is -2.54. The van der Waals surface area contributed by atoms with Crippen LogP contribution in [0.2, 0.25) is 5.02 Å². The molecule has 2 aromatic rings. The number of nitrogens with two attached hydrogens (primary N) is 1. The number of benzene rings is 2. The molecule has 0 saturated carbocycles. The molecule has 11 heteroatoms. The van der Waals surface area contributed by atoms with Crippen molar-refractivity contribution in [3.05, 3.63) is 63.7 Å². The fraction of sp³-hybridized carbons (Fsp3) is 0.429. The molecular formula is C28H37ClN4O6. The van der Waals surface area contributed by atoms with E-state index < -0.39 is 54.5 Å². The number of aliphatic hydroxyl groups excluding tert-OH is 1. The Balaban J connectivity index is 2.58. The number of carbonyl (C=O) groups excluding carboxylic acids is 4. The number of halogens is 1. The van der Waals surface area contributed by atoms with Gasteiger partial charge in [-0.1, -0.05) is 41.9 Å². The molecule has 39 heavy (non-hydrogen) atoms. The summed E-state index contributed by atoms with van der Waals surface area (Å²) in [6.45, 7) is 9.70. The van der Waals surface area contributed by atoms with Crippen LogP contribution in [0.15, 0.2) is 36.4 Å². The van der Waals surface area contributed by atoms with E-state index in [4.69, 9.17) is 22.1 Å². The first kappa shape index (κ1) is 31.6. The zero-order chi connectivity index (χ0) is 29.5. The predicted octanol–water partition coefficient (Wildman–Crippen LogP) is 3.53. The first-order chi connectivity index (χ1) is 18.1. The lowest BCUT2D eigenvalue weighted by atomic mass is 9.98. The van der Waals surface area contributed by atoms with Gasteiger partial charge < -0.3 is 31.1 Å². The van der Waals surface area contributed by atoms with E-state index in [9.17, 15) is 24.3 Å². The Bertz CT molecular complexity index is 1210. The summed E-state index contributed by atoms with van der Waals surface area (Å²) in [5.41, 5.74) is 7.88. The smallest absolute Gasteiger partial charge is 0.408 e. The van der Waals surface area contributed by atoms with E-state index in [1.807, 2.05) is 19.9 Å². The monoisotopic (exact) mass is 560 g/mol. The zero-order valence-electron chi connectivity index (χ0n) is 23.1. The number of hydrogen-bond donors (Lipinski definition) is 4. The highest BCUT2D eigenvalue weighted by Crippen LogP contribution is 2.30. The summed E-state index contributed by atoms with van der Waals surface area (Å²) in [6, 6.07) is 7.72. The Labute approximate surface area is 233 Å². The molecule has 0 spiro atoms. The van der Waals surface area contributed by atoms with E-state index in [0.717, 1.165) is 16.0 Å². The summed E-state index contributed by atoms with van der Waals surface area (Å²) in [7, 11) is 0. The van der Waals surface area contributed by atoms with E-state index >= 15 is 0 Å². The molecule has 2 aromatic carbocycles. The maximum atomic E-state index is 13.9. The zero-order valence-corrected chi connectivity index (χ0v) is 23.9. The van der Waals surface area contributed by atoms with Crippen LogP contribution < -0.4 is 16.4 Å². The third-order valence-electron chi connectivity index (χ3n) is 5.90. The second-order valence-corrected chi connectivity index (χ2v) is 10.7. The third-order valence-corrected chi connectivity index (χ3v) is 6.21. The number of primary amides is 1. The Hall–Kier alpha value is -3.63. The van der Waals surface area contributed by atoms with Crippen LogP contribution in [-0.4, -0.2) is 58.6 Å². The number of anilines is 1. The van der Waals surface area contributed by atoms with E-state index in [1.54, 1.807) is 58.0 Å². The molecule has 2 unspecified atom stereocenters. The van der Waals surface area contributed by atoms with Gasteiger partial charge in [-0.15, -0.1) is 0 Å². The fourth-order valence-corrected chi connectivity index (χ4v) is 4.18. The first-order valence-corrected chi connectivity index (χ1v) is 12.8. The SMILES string of the molecule is Cc1ccc(C(C(=O)Nc2c(C)cccc2Cl)N(CCO)C(=O)C(CC(N)=O)NC(=O)OC(C)(C)C)cc1C. The first-order valence-electron chi connectivity index (χ1n) is 12.5. The molecular weight excluding hydrogens is 524 g/mol. The van der Waals surface area contributed by atoms with Crippen LogP contribution >= 0.6 is 11.6 Å². The molecule has 5 N–H and O–H groups in total. The standard InChI is InChI=1S/C28H37ClN4O6/c1-16-10-11-19(14-18(16)3)24(25(36)32-23-17(2)8-7-9-20(23)29)33(12-13-34)26(37)21(15-22(30)35)31-27(38)39-28(4,5)6/h7-11,14,21,24,34H,12-13,15H2,1-6H3,(H2,30,35)(H,31,38)(H,32,36). The van der Waals surface area contributed by atoms with Gasteiger partial charge >= 0.3 is 6.09 Å². The molecule has 0 aliphatic heterocycles. The van der Waals surface area contributed by atoms with Crippen LogP contribution in [0, 0.1) is 20.8 Å². The summed E-state index contributed by atoms with van der Waals surface area (Å²) in [5.74, 6) is -2.26. The molecule has 0 saturated heterocycles. The maximum Gasteiger partial charge on any atom is 0.408 e. The molecule has 2 atom stereocenters. The second-order valence-electron chi connectivity index (χ2n) is 10.3. The lowest BCUT2D eigenvalue weighted by molar-refractivity contribution is -0.142. The van der Waals surface area contributed by atoms with Gasteiger partial charge in [0.25, 0.3) is 5.91 Å². The number of nitrogens with zero attached hydrogens (tertiary/aromatic N) is 1. The number of carbonyl (C=O) groups is 4. The average molecular weight is 561 g/mol. The summed E-state index contributed by atoms with van der Waals surface area (Å²) in [5, 5.41) is 15.4. The van der Waals surface area contributed by atoms with Crippen LogP contribution in [0.3, 0.4) is 0 Å². The van der Waals surface area contributed by atoms with Gasteiger partial charge in [0.2, 0.25) is 11.8 Å². The van der Waals surface area contributed by atoms with Gasteiger partial charge in [0, 0.05) is 6.54 Å². The van der Waals surface area contributed by atoms with E-state index in [1.165, 1.54) is 0 Å². The van der Waals surface area contributed by atoms with Crippen LogP contribution in [-0.2, 0) is 19.1 Å². The van der Waals surface area contributed by atoms with Gasteiger partial charge in [-0.05, 0) is 69.9 Å². The van der Waals surface area contributed by atoms with Crippen molar-refractivity contribution in [2.45, 2.75) is 65.6 Å². The number of amides is 4. The maximum absolute atomic E-state index is 13.9. The van der Waals surface area contributed by atoms with Crippen LogP contribution in [0.1, 0.15) is 55.5 Å². The van der Waals surface area contributed by atoms with Gasteiger partial charge in [0.05, 0.1) is 23.7 Å². The Morgan fingerprint density at radius 3 is 2.26 bits per heavy atom. The Kier molecular flexibility index (Phi) is 10.9. The van der Waals surface area contributed by atoms with E-state index in [-0.39, 0.29) is 6.54 Å². The summed E-state index contributed by atoms with van der Waals surface area (Å²) < 4.78 is 5.25. The number of aliphatic hydroxyl groups is 1. The van der Waals surface area contributed by atoms with E-state index in [0.29, 0.717) is 21.8 Å². The van der Waals surface area contributed by atoms with Crippen molar-refractivity contribution in [2.75, 3.05) is 18.5 Å². The summed E-state index contributed by atoms with van der Waals surface area (Å²) in [6.07, 6.45) is -1.49. The molecule has 0 heterocycles. The minimum absolute atomic E-state index is 0.281. The summed E-state index contributed by atoms with van der Waals surface area (Å²) >= 11 is 6.34. The van der Waals surface area contributed by atoms with Crippen molar-refractivity contribution >= 4 is 41.1 Å². The normalized spacial score (nSPS) is 12.7. The van der Waals surface area contributed by atoms with Crippen molar-refractivity contribution in [1.82, 2.24) is 10.2 Å². The fourth-order valence-electron chi connectivity index (χ4n) is 3.91. The van der Waals surface area contributed by atoms with Crippen LogP contribution in [0.5, 0.6) is 0 Å². The van der Waals surface area contributed by atoms with E-state index in [2.05, 4.69) is 10.6 Å². The quantitative estimate of drug-likeness (QED) is 0.349. The highest BCUT2D eigenvalue weighted by molar-refractivity contribution is 6.34. The lowest BCUT2D eigenvalue weighted by Gasteiger charge is -2.34. The minimum atomic E-state index is -1.45. The minimum Gasteiger partial charge on any atom is -0.444 e. The van der Waals surface area contributed by atoms with Crippen molar-refractivity contribution in [2.24, 2.45) is 5.73 Å². The van der Waals surface area contributed by atoms with Crippen LogP contribution in [0.4, 0.5) is 10.5 Å². The predicted molar refractivity (Wildman–Crippen MR) is 149 cm³/mol. The number of aryl methyl sites for hydroxylation is 3. The van der Waals surface area contributed by atoms with Crippen molar-refractivity contribution in [3.8, 4) is 0 Å². The second kappa shape index (κ2) is 13.4. The van der Waals surface area contributed by atoms with Gasteiger partial charge in [-0.25, -0.2) is 4.79 Å². The van der Waals surface area contributed by atoms with Gasteiger partial charge in [-0.3, -0.25) is 14.4 Å². The third kappa shape index (κ3) is 8.97. The highest BCUT2D eigenvalue weighted by Gasteiger charge is 2.37. The molecule has 0 aliphatic carbocycles. The average Bonchev–Trinajstić information content (AvgIpc) is 2.81. The molecule has 0 aromatic heterocycles. The van der Waals surface area contributed by atoms with Gasteiger partial charge in [-0.2, -0.15) is 0 Å². The van der Waals surface area contributed by atoms with Crippen LogP contribution in [0.25, 0.3) is 0 Å². The Morgan fingerprint density at radius 2 is 1.72 bits per heavy atom. The molecule has 10 nitrogen and oxygen atoms in total.